The normalized spacial score (nSPS) is 12.4. The molecule has 0 saturated carbocycles. The highest BCUT2D eigenvalue weighted by Gasteiger charge is 2.31. The average Bonchev–Trinajstić information content (AvgIpc) is 2.24. The average molecular weight is 285 g/mol. The molecule has 0 aromatic heterocycles. The molecule has 1 aromatic rings. The molecule has 1 aromatic carbocycles. The predicted molar refractivity (Wildman–Crippen MR) is 55.4 cm³/mol. The SMILES string of the molecule is O=S(=O)(NCCO)c1cccc(OC(F)(F)F)c1. The van der Waals surface area contributed by atoms with E-state index >= 15 is 0 Å². The highest BCUT2D eigenvalue weighted by atomic mass is 32.2. The van der Waals surface area contributed by atoms with E-state index in [-0.39, 0.29) is 11.4 Å². The van der Waals surface area contributed by atoms with E-state index in [1.54, 1.807) is 0 Å². The first-order chi connectivity index (χ1) is 8.24. The third kappa shape index (κ3) is 4.51. The number of sulfonamides is 1. The second kappa shape index (κ2) is 5.55. The third-order valence-corrected chi connectivity index (χ3v) is 3.21. The molecule has 0 radical (unpaired) electrons. The summed E-state index contributed by atoms with van der Waals surface area (Å²) in [5, 5.41) is 8.48. The van der Waals surface area contributed by atoms with Crippen LogP contribution in [0.2, 0.25) is 0 Å². The molecule has 2 N–H and O–H groups in total. The Balaban J connectivity index is 2.95. The summed E-state index contributed by atoms with van der Waals surface area (Å²) < 4.78 is 64.6. The van der Waals surface area contributed by atoms with Crippen LogP contribution in [-0.2, 0) is 10.0 Å². The van der Waals surface area contributed by atoms with Crippen LogP contribution in [0.15, 0.2) is 29.2 Å². The molecule has 0 amide bonds. The Kier molecular flexibility index (Phi) is 4.54. The number of halogens is 3. The molecule has 0 aliphatic carbocycles. The maximum atomic E-state index is 12.0. The minimum Gasteiger partial charge on any atom is -0.406 e. The van der Waals surface area contributed by atoms with Crippen LogP contribution in [-0.4, -0.2) is 33.0 Å². The predicted octanol–water partition coefficient (Wildman–Crippen LogP) is 0.856. The van der Waals surface area contributed by atoms with Crippen molar-refractivity contribution in [3.8, 4) is 5.75 Å². The molecule has 0 saturated heterocycles. The van der Waals surface area contributed by atoms with Gasteiger partial charge >= 0.3 is 6.36 Å². The number of aliphatic hydroxyl groups excluding tert-OH is 1. The molecule has 9 heteroatoms. The summed E-state index contributed by atoms with van der Waals surface area (Å²) in [6.07, 6.45) is -4.89. The molecule has 5 nitrogen and oxygen atoms in total. The van der Waals surface area contributed by atoms with E-state index in [1.807, 2.05) is 4.72 Å². The quantitative estimate of drug-likeness (QED) is 0.841. The molecule has 0 fully saturated rings. The molecule has 0 aliphatic heterocycles. The topological polar surface area (TPSA) is 75.6 Å². The number of alkyl halides is 3. The van der Waals surface area contributed by atoms with Crippen LogP contribution >= 0.6 is 0 Å². The fourth-order valence-electron chi connectivity index (χ4n) is 1.10. The van der Waals surface area contributed by atoms with Crippen LogP contribution in [0.5, 0.6) is 5.75 Å². The summed E-state index contributed by atoms with van der Waals surface area (Å²) in [6, 6.07) is 3.96. The Hall–Kier alpha value is -1.32. The molecular formula is C9H10F3NO4S. The highest BCUT2D eigenvalue weighted by molar-refractivity contribution is 7.89. The van der Waals surface area contributed by atoms with Crippen LogP contribution in [0.1, 0.15) is 0 Å². The van der Waals surface area contributed by atoms with E-state index in [0.717, 1.165) is 24.3 Å². The zero-order valence-corrected chi connectivity index (χ0v) is 9.75. The molecule has 1 rings (SSSR count). The Bertz CT molecular complexity index is 501. The van der Waals surface area contributed by atoms with Crippen molar-refractivity contribution in [3.63, 3.8) is 0 Å². The lowest BCUT2D eigenvalue weighted by molar-refractivity contribution is -0.274. The van der Waals surface area contributed by atoms with Gasteiger partial charge in [0.1, 0.15) is 5.75 Å². The molecule has 18 heavy (non-hydrogen) atoms. The van der Waals surface area contributed by atoms with Gasteiger partial charge in [0.25, 0.3) is 0 Å². The van der Waals surface area contributed by atoms with E-state index < -0.39 is 28.7 Å². The lowest BCUT2D eigenvalue weighted by atomic mass is 10.3. The molecule has 0 bridgehead atoms. The molecule has 102 valence electrons. The van der Waals surface area contributed by atoms with Crippen LogP contribution in [0, 0.1) is 0 Å². The van der Waals surface area contributed by atoms with Gasteiger partial charge in [-0.2, -0.15) is 0 Å². The minimum atomic E-state index is -4.89. The van der Waals surface area contributed by atoms with E-state index in [4.69, 9.17) is 5.11 Å². The van der Waals surface area contributed by atoms with Crippen molar-refractivity contribution < 1.29 is 31.4 Å². The fraction of sp³-hybridized carbons (Fsp3) is 0.333. The molecular weight excluding hydrogens is 275 g/mol. The molecule has 0 aliphatic rings. The second-order valence-corrected chi connectivity index (χ2v) is 4.91. The number of hydrogen-bond donors (Lipinski definition) is 2. The van der Waals surface area contributed by atoms with Crippen molar-refractivity contribution in [1.29, 1.82) is 0 Å². The second-order valence-electron chi connectivity index (χ2n) is 3.14. The summed E-state index contributed by atoms with van der Waals surface area (Å²) in [6.45, 7) is -0.648. The first-order valence-corrected chi connectivity index (χ1v) is 6.19. The van der Waals surface area contributed by atoms with Crippen molar-refractivity contribution in [1.82, 2.24) is 4.72 Å². The number of hydrogen-bond acceptors (Lipinski definition) is 4. The highest BCUT2D eigenvalue weighted by Crippen LogP contribution is 2.24. The summed E-state index contributed by atoms with van der Waals surface area (Å²) in [4.78, 5) is -0.377. The summed E-state index contributed by atoms with van der Waals surface area (Å²) in [7, 11) is -3.96. The van der Waals surface area contributed by atoms with Crippen molar-refractivity contribution in [2.75, 3.05) is 13.2 Å². The Morgan fingerprint density at radius 2 is 2.00 bits per heavy atom. The van der Waals surface area contributed by atoms with Crippen LogP contribution < -0.4 is 9.46 Å². The van der Waals surface area contributed by atoms with E-state index in [1.165, 1.54) is 0 Å². The zero-order valence-electron chi connectivity index (χ0n) is 8.94. The molecule has 0 spiro atoms. The number of aliphatic hydroxyl groups is 1. The van der Waals surface area contributed by atoms with Gasteiger partial charge in [0.05, 0.1) is 11.5 Å². The van der Waals surface area contributed by atoms with Gasteiger partial charge in [-0.3, -0.25) is 0 Å². The summed E-state index contributed by atoms with van der Waals surface area (Å²) in [5.41, 5.74) is 0. The van der Waals surface area contributed by atoms with Crippen LogP contribution in [0.4, 0.5) is 13.2 Å². The van der Waals surface area contributed by atoms with Crippen molar-refractivity contribution in [3.05, 3.63) is 24.3 Å². The lowest BCUT2D eigenvalue weighted by Gasteiger charge is -2.10. The van der Waals surface area contributed by atoms with Gasteiger partial charge < -0.3 is 9.84 Å². The monoisotopic (exact) mass is 285 g/mol. The van der Waals surface area contributed by atoms with Crippen LogP contribution in [0.3, 0.4) is 0 Å². The van der Waals surface area contributed by atoms with Gasteiger partial charge in [-0.1, -0.05) is 6.07 Å². The standard InChI is InChI=1S/C9H10F3NO4S/c10-9(11,12)17-7-2-1-3-8(6-7)18(15,16)13-4-5-14/h1-3,6,13-14H,4-5H2. The van der Waals surface area contributed by atoms with Gasteiger partial charge in [0.2, 0.25) is 10.0 Å². The maximum Gasteiger partial charge on any atom is 0.573 e. The van der Waals surface area contributed by atoms with Gasteiger partial charge in [0, 0.05) is 12.6 Å². The maximum absolute atomic E-state index is 12.0. The molecule has 0 unspecified atom stereocenters. The van der Waals surface area contributed by atoms with E-state index in [0.29, 0.717) is 0 Å². The number of ether oxygens (including phenoxy) is 1. The van der Waals surface area contributed by atoms with Gasteiger partial charge in [0.15, 0.2) is 0 Å². The van der Waals surface area contributed by atoms with Crippen molar-refractivity contribution >= 4 is 10.0 Å². The number of rotatable bonds is 5. The first-order valence-electron chi connectivity index (χ1n) is 4.71. The van der Waals surface area contributed by atoms with Crippen molar-refractivity contribution in [2.45, 2.75) is 11.3 Å². The zero-order chi connectivity index (χ0) is 13.8. The number of benzene rings is 1. The van der Waals surface area contributed by atoms with Gasteiger partial charge in [-0.05, 0) is 12.1 Å². The van der Waals surface area contributed by atoms with Gasteiger partial charge in [-0.25, -0.2) is 13.1 Å². The van der Waals surface area contributed by atoms with Crippen molar-refractivity contribution in [2.24, 2.45) is 0 Å². The first kappa shape index (κ1) is 14.7. The Morgan fingerprint density at radius 1 is 1.33 bits per heavy atom. The van der Waals surface area contributed by atoms with E-state index in [9.17, 15) is 21.6 Å². The fourth-order valence-corrected chi connectivity index (χ4v) is 2.16. The molecule has 0 heterocycles. The minimum absolute atomic E-state index is 0.229. The summed E-state index contributed by atoms with van der Waals surface area (Å²) in [5.74, 6) is -0.630. The summed E-state index contributed by atoms with van der Waals surface area (Å²) >= 11 is 0. The largest absolute Gasteiger partial charge is 0.573 e. The number of nitrogens with one attached hydrogen (secondary N) is 1. The Labute approximate surface area is 101 Å². The molecule has 0 atom stereocenters. The van der Waals surface area contributed by atoms with Crippen LogP contribution in [0.25, 0.3) is 0 Å². The van der Waals surface area contributed by atoms with E-state index in [2.05, 4.69) is 4.74 Å². The Morgan fingerprint density at radius 3 is 2.56 bits per heavy atom. The van der Waals surface area contributed by atoms with Gasteiger partial charge in [-0.15, -0.1) is 13.2 Å². The third-order valence-electron chi connectivity index (χ3n) is 1.75. The smallest absolute Gasteiger partial charge is 0.406 e. The lowest BCUT2D eigenvalue weighted by Crippen LogP contribution is -2.26.